The third kappa shape index (κ3) is 9.97. The Labute approximate surface area is 362 Å². The van der Waals surface area contributed by atoms with Crippen LogP contribution in [0.4, 0.5) is 24.5 Å². The van der Waals surface area contributed by atoms with Gasteiger partial charge in [0.15, 0.2) is 11.5 Å². The van der Waals surface area contributed by atoms with E-state index in [1.165, 1.54) is 23.9 Å². The van der Waals surface area contributed by atoms with E-state index in [1.807, 2.05) is 6.07 Å². The SMILES string of the molecule is CC1(C)CCC(CN2CCN(c3cccc(C(=O)NS(=O)(=O)c4ccc(OC5CCOCC5)c([N+](=O)[O-])c4)c3Oc3cnc4[nH]ccc4c3)CC2)=C(c2ccc(C(F)(F)F)cc2)C1. The predicted molar refractivity (Wildman–Crippen MR) is 229 cm³/mol. The number of hydrogen-bond acceptors (Lipinski definition) is 11. The molecule has 8 rings (SSSR count). The highest BCUT2D eigenvalue weighted by Crippen LogP contribution is 2.44. The molecule has 2 saturated heterocycles. The number of nitrogens with zero attached hydrogens (tertiary/aromatic N) is 4. The van der Waals surface area contributed by atoms with E-state index in [2.05, 4.69) is 38.3 Å². The number of carbonyl (C=O) groups is 1. The number of nitrogens with one attached hydrogen (secondary N) is 2. The van der Waals surface area contributed by atoms with Crippen molar-refractivity contribution in [3.05, 3.63) is 118 Å². The maximum Gasteiger partial charge on any atom is 0.416 e. The van der Waals surface area contributed by atoms with Gasteiger partial charge in [-0.25, -0.2) is 18.1 Å². The number of aromatic nitrogens is 2. The first kappa shape index (κ1) is 43.7. The van der Waals surface area contributed by atoms with Crippen LogP contribution in [0.2, 0.25) is 0 Å². The highest BCUT2D eigenvalue weighted by atomic mass is 32.2. The van der Waals surface area contributed by atoms with Gasteiger partial charge in [-0.05, 0) is 84.3 Å². The molecule has 1 aliphatic carbocycles. The van der Waals surface area contributed by atoms with Gasteiger partial charge in [-0.1, -0.05) is 37.6 Å². The van der Waals surface area contributed by atoms with Crippen molar-refractivity contribution in [2.45, 2.75) is 63.1 Å². The first-order chi connectivity index (χ1) is 30.0. The van der Waals surface area contributed by atoms with Crippen molar-refractivity contribution in [3.8, 4) is 17.2 Å². The normalized spacial score (nSPS) is 17.8. The molecule has 2 aliphatic heterocycles. The fourth-order valence-electron chi connectivity index (χ4n) is 8.36. The lowest BCUT2D eigenvalue weighted by atomic mass is 9.72. The second-order valence-electron chi connectivity index (χ2n) is 16.9. The summed E-state index contributed by atoms with van der Waals surface area (Å²) in [6.07, 6.45) is 2.02. The molecule has 3 aromatic carbocycles. The number of amides is 1. The Hall–Kier alpha value is -5.98. The van der Waals surface area contributed by atoms with E-state index in [0.717, 1.165) is 60.1 Å². The summed E-state index contributed by atoms with van der Waals surface area (Å²) in [5, 5.41) is 12.8. The number of benzene rings is 3. The van der Waals surface area contributed by atoms with Crippen molar-refractivity contribution in [2.75, 3.05) is 50.8 Å². The minimum atomic E-state index is -4.65. The molecule has 1 amide bonds. The third-order valence-electron chi connectivity index (χ3n) is 11.8. The van der Waals surface area contributed by atoms with Crippen molar-refractivity contribution < 1.29 is 45.5 Å². The molecule has 2 aromatic heterocycles. The number of pyridine rings is 1. The van der Waals surface area contributed by atoms with Crippen molar-refractivity contribution in [1.82, 2.24) is 19.6 Å². The molecule has 5 aromatic rings. The van der Waals surface area contributed by atoms with E-state index in [9.17, 15) is 36.5 Å². The van der Waals surface area contributed by atoms with Crippen LogP contribution in [0.5, 0.6) is 17.2 Å². The van der Waals surface area contributed by atoms with Gasteiger partial charge in [-0.15, -0.1) is 0 Å². The largest absolute Gasteiger partial charge is 0.483 e. The van der Waals surface area contributed by atoms with E-state index in [0.29, 0.717) is 75.9 Å². The topological polar surface area (TPSA) is 169 Å². The number of para-hydroxylation sites is 1. The molecule has 18 heteroatoms. The summed E-state index contributed by atoms with van der Waals surface area (Å²) in [4.78, 5) is 36.7. The quantitative estimate of drug-likeness (QED) is 0.0908. The molecular formula is C45H47F3N6O8S. The standard InChI is InChI=1S/C45H47F3N6O8S/c1-44(2)16-12-31(37(26-44)29-6-8-32(9-7-29)45(46,47)48)28-52-18-20-53(21-19-52)38-5-3-4-36(41(38)62-34-24-30-13-17-49-42(30)50-27-34)43(55)51-63(58,59)35-10-11-40(39(25-35)54(56)57)61-33-14-22-60-23-15-33/h3-11,13,17,24-25,27,33H,12,14-16,18-23,26,28H2,1-2H3,(H,49,50)(H,51,55). The zero-order chi connectivity index (χ0) is 44.5. The first-order valence-corrected chi connectivity index (χ1v) is 22.2. The molecule has 0 bridgehead atoms. The Bertz CT molecular complexity index is 2650. The number of carbonyl (C=O) groups excluding carboxylic acids is 1. The number of piperazine rings is 1. The number of nitro benzene ring substituents is 1. The van der Waals surface area contributed by atoms with Crippen LogP contribution in [-0.2, 0) is 20.9 Å². The van der Waals surface area contributed by atoms with Gasteiger partial charge in [-0.2, -0.15) is 13.2 Å². The molecule has 4 heterocycles. The Morgan fingerprint density at radius 1 is 1.03 bits per heavy atom. The minimum absolute atomic E-state index is 0.00335. The molecule has 2 fully saturated rings. The molecule has 0 saturated carbocycles. The van der Waals surface area contributed by atoms with E-state index in [-0.39, 0.29) is 28.6 Å². The lowest BCUT2D eigenvalue weighted by molar-refractivity contribution is -0.386. The summed E-state index contributed by atoms with van der Waals surface area (Å²) in [7, 11) is -4.65. The summed E-state index contributed by atoms with van der Waals surface area (Å²) in [6, 6.07) is 17.1. The Kier molecular flexibility index (Phi) is 12.2. The van der Waals surface area contributed by atoms with Gasteiger partial charge >= 0.3 is 11.9 Å². The second kappa shape index (κ2) is 17.7. The highest BCUT2D eigenvalue weighted by Gasteiger charge is 2.34. The van der Waals surface area contributed by atoms with Gasteiger partial charge in [0.2, 0.25) is 0 Å². The fraction of sp³-hybridized carbons (Fsp3) is 0.378. The maximum atomic E-state index is 14.1. The number of halogens is 3. The van der Waals surface area contributed by atoms with E-state index in [1.54, 1.807) is 36.5 Å². The second-order valence-corrected chi connectivity index (χ2v) is 18.5. The summed E-state index contributed by atoms with van der Waals surface area (Å²) in [5.41, 5.74) is 2.88. The van der Waals surface area contributed by atoms with Crippen LogP contribution in [0, 0.1) is 15.5 Å². The van der Waals surface area contributed by atoms with Crippen molar-refractivity contribution in [2.24, 2.45) is 5.41 Å². The first-order valence-electron chi connectivity index (χ1n) is 20.7. The number of fused-ring (bicyclic) bond motifs is 1. The Balaban J connectivity index is 1.04. The predicted octanol–water partition coefficient (Wildman–Crippen LogP) is 8.74. The van der Waals surface area contributed by atoms with E-state index in [4.69, 9.17) is 14.2 Å². The van der Waals surface area contributed by atoms with Crippen LogP contribution in [0.15, 0.2) is 95.7 Å². The highest BCUT2D eigenvalue weighted by molar-refractivity contribution is 7.90. The van der Waals surface area contributed by atoms with E-state index < -0.39 is 43.2 Å². The number of rotatable bonds is 12. The summed E-state index contributed by atoms with van der Waals surface area (Å²) < 4.78 is 87.4. The number of sulfonamides is 1. The van der Waals surface area contributed by atoms with Crippen LogP contribution in [0.25, 0.3) is 16.6 Å². The third-order valence-corrected chi connectivity index (χ3v) is 13.2. The van der Waals surface area contributed by atoms with Gasteiger partial charge < -0.3 is 24.1 Å². The summed E-state index contributed by atoms with van der Waals surface area (Å²) in [5.74, 6) is -0.728. The number of anilines is 1. The van der Waals surface area contributed by atoms with Crippen molar-refractivity contribution in [3.63, 3.8) is 0 Å². The van der Waals surface area contributed by atoms with Gasteiger partial charge in [0, 0.05) is 63.2 Å². The number of alkyl halides is 3. The van der Waals surface area contributed by atoms with Crippen molar-refractivity contribution >= 4 is 43.9 Å². The van der Waals surface area contributed by atoms with Gasteiger partial charge in [-0.3, -0.25) is 19.8 Å². The molecule has 2 N–H and O–H groups in total. The summed E-state index contributed by atoms with van der Waals surface area (Å²) >= 11 is 0. The number of nitro groups is 1. The van der Waals surface area contributed by atoms with Crippen LogP contribution >= 0.6 is 0 Å². The number of aromatic amines is 1. The lowest BCUT2D eigenvalue weighted by Crippen LogP contribution is -2.47. The molecule has 63 heavy (non-hydrogen) atoms. The Morgan fingerprint density at radius 2 is 1.78 bits per heavy atom. The van der Waals surface area contributed by atoms with Crippen LogP contribution in [0.3, 0.4) is 0 Å². The number of allylic oxidation sites excluding steroid dienone is 1. The van der Waals surface area contributed by atoms with Crippen molar-refractivity contribution in [1.29, 1.82) is 0 Å². The zero-order valence-electron chi connectivity index (χ0n) is 34.7. The molecule has 0 unspecified atom stereocenters. The van der Waals surface area contributed by atoms with Gasteiger partial charge in [0.05, 0.1) is 46.0 Å². The van der Waals surface area contributed by atoms with Gasteiger partial charge in [0.1, 0.15) is 17.5 Å². The molecule has 14 nitrogen and oxygen atoms in total. The van der Waals surface area contributed by atoms with E-state index >= 15 is 0 Å². The number of H-pyrrole nitrogens is 1. The molecular weight excluding hydrogens is 842 g/mol. The maximum absolute atomic E-state index is 14.1. The zero-order valence-corrected chi connectivity index (χ0v) is 35.6. The molecule has 0 radical (unpaired) electrons. The Morgan fingerprint density at radius 3 is 2.49 bits per heavy atom. The minimum Gasteiger partial charge on any atom is -0.483 e. The molecule has 0 atom stereocenters. The molecule has 3 aliphatic rings. The molecule has 332 valence electrons. The lowest BCUT2D eigenvalue weighted by Gasteiger charge is -2.39. The van der Waals surface area contributed by atoms with Crippen LogP contribution in [-0.4, -0.2) is 86.2 Å². The average Bonchev–Trinajstić information content (AvgIpc) is 3.73. The number of ether oxygens (including phenoxy) is 3. The van der Waals surface area contributed by atoms with Gasteiger partial charge in [0.25, 0.3) is 15.9 Å². The summed E-state index contributed by atoms with van der Waals surface area (Å²) in [6.45, 7) is 8.12. The fourth-order valence-corrected chi connectivity index (χ4v) is 9.35. The smallest absolute Gasteiger partial charge is 0.416 e. The number of hydrogen-bond donors (Lipinski definition) is 2. The average molecular weight is 889 g/mol. The molecule has 0 spiro atoms. The van der Waals surface area contributed by atoms with Crippen LogP contribution in [0.1, 0.15) is 67.4 Å². The monoisotopic (exact) mass is 888 g/mol. The van der Waals surface area contributed by atoms with Crippen LogP contribution < -0.4 is 19.1 Å².